The Kier molecular flexibility index (Phi) is 4.53. The fraction of sp³-hybridized carbons (Fsp3) is 0.500. The van der Waals surface area contributed by atoms with Crippen LogP contribution < -0.4 is 0 Å². The number of benzene rings is 1. The quantitative estimate of drug-likeness (QED) is 0.853. The molecule has 0 amide bonds. The first-order chi connectivity index (χ1) is 9.35. The number of carboxylic acids is 1. The van der Waals surface area contributed by atoms with Gasteiger partial charge in [-0.15, -0.1) is 0 Å². The zero-order chi connectivity index (χ0) is 16.6. The standard InChI is InChI=1S/C14H21NO5S/c1-13(2,12(16)17)14(3,18)10-6-8-11(9-7-10)21(19,20)15(4)5/h6-9,18H,1-5H3,(H,16,17). The minimum Gasteiger partial charge on any atom is -0.481 e. The number of aliphatic hydroxyl groups is 1. The average molecular weight is 315 g/mol. The molecule has 6 nitrogen and oxygen atoms in total. The highest BCUT2D eigenvalue weighted by molar-refractivity contribution is 7.89. The molecule has 0 fully saturated rings. The number of hydrogen-bond donors (Lipinski definition) is 2. The molecule has 0 aliphatic carbocycles. The Morgan fingerprint density at radius 1 is 1.10 bits per heavy atom. The third-order valence-electron chi connectivity index (χ3n) is 3.95. The van der Waals surface area contributed by atoms with E-state index in [0.29, 0.717) is 5.56 Å². The minimum atomic E-state index is -3.56. The lowest BCUT2D eigenvalue weighted by atomic mass is 9.72. The van der Waals surface area contributed by atoms with E-state index in [0.717, 1.165) is 4.31 Å². The van der Waals surface area contributed by atoms with Crippen molar-refractivity contribution in [2.24, 2.45) is 5.41 Å². The predicted octanol–water partition coefficient (Wildman–Crippen LogP) is 1.26. The van der Waals surface area contributed by atoms with Gasteiger partial charge >= 0.3 is 5.97 Å². The first-order valence-corrected chi connectivity index (χ1v) is 7.78. The first kappa shape index (κ1) is 17.6. The zero-order valence-electron chi connectivity index (χ0n) is 12.8. The average Bonchev–Trinajstić information content (AvgIpc) is 2.38. The van der Waals surface area contributed by atoms with Crippen LogP contribution in [0.3, 0.4) is 0 Å². The van der Waals surface area contributed by atoms with Crippen LogP contribution in [0.2, 0.25) is 0 Å². The van der Waals surface area contributed by atoms with Crippen molar-refractivity contribution < 1.29 is 23.4 Å². The zero-order valence-corrected chi connectivity index (χ0v) is 13.6. The molecular weight excluding hydrogens is 294 g/mol. The summed E-state index contributed by atoms with van der Waals surface area (Å²) in [7, 11) is -0.708. The van der Waals surface area contributed by atoms with Crippen molar-refractivity contribution in [3.05, 3.63) is 29.8 Å². The van der Waals surface area contributed by atoms with Gasteiger partial charge in [0.25, 0.3) is 0 Å². The number of nitrogens with zero attached hydrogens (tertiary/aromatic N) is 1. The van der Waals surface area contributed by atoms with Crippen LogP contribution in [0.15, 0.2) is 29.2 Å². The molecule has 2 N–H and O–H groups in total. The van der Waals surface area contributed by atoms with Gasteiger partial charge < -0.3 is 10.2 Å². The Morgan fingerprint density at radius 2 is 1.52 bits per heavy atom. The number of rotatable bonds is 5. The van der Waals surface area contributed by atoms with Crippen molar-refractivity contribution in [3.8, 4) is 0 Å². The van der Waals surface area contributed by atoms with Gasteiger partial charge in [-0.3, -0.25) is 4.79 Å². The van der Waals surface area contributed by atoms with Crippen LogP contribution >= 0.6 is 0 Å². The third-order valence-corrected chi connectivity index (χ3v) is 5.78. The number of sulfonamides is 1. The van der Waals surface area contributed by atoms with Gasteiger partial charge in [-0.05, 0) is 38.5 Å². The maximum Gasteiger partial charge on any atom is 0.312 e. The molecule has 0 saturated heterocycles. The van der Waals surface area contributed by atoms with Gasteiger partial charge in [-0.25, -0.2) is 12.7 Å². The van der Waals surface area contributed by atoms with E-state index in [1.807, 2.05) is 0 Å². The Bertz CT molecular complexity index is 630. The summed E-state index contributed by atoms with van der Waals surface area (Å²) in [6.45, 7) is 4.23. The Balaban J connectivity index is 3.29. The number of carbonyl (C=O) groups is 1. The maximum absolute atomic E-state index is 12.0. The van der Waals surface area contributed by atoms with E-state index in [1.165, 1.54) is 59.1 Å². The molecule has 0 aliphatic heterocycles. The summed E-state index contributed by atoms with van der Waals surface area (Å²) in [5.74, 6) is -1.14. The van der Waals surface area contributed by atoms with Crippen molar-refractivity contribution in [1.29, 1.82) is 0 Å². The van der Waals surface area contributed by atoms with E-state index in [9.17, 15) is 23.4 Å². The first-order valence-electron chi connectivity index (χ1n) is 6.34. The lowest BCUT2D eigenvalue weighted by Crippen LogP contribution is -2.45. The summed E-state index contributed by atoms with van der Waals surface area (Å²) in [5.41, 5.74) is -2.72. The molecule has 118 valence electrons. The summed E-state index contributed by atoms with van der Waals surface area (Å²) in [5, 5.41) is 19.8. The molecule has 0 aromatic heterocycles. The second-order valence-electron chi connectivity index (χ2n) is 5.81. The Morgan fingerprint density at radius 3 is 1.86 bits per heavy atom. The SMILES string of the molecule is CN(C)S(=O)(=O)c1ccc(C(C)(O)C(C)(C)C(=O)O)cc1. The second kappa shape index (κ2) is 5.40. The molecule has 7 heteroatoms. The second-order valence-corrected chi connectivity index (χ2v) is 7.97. The predicted molar refractivity (Wildman–Crippen MR) is 78.3 cm³/mol. The summed E-state index contributed by atoms with van der Waals surface area (Å²) in [6, 6.07) is 5.58. The summed E-state index contributed by atoms with van der Waals surface area (Å²) in [4.78, 5) is 11.4. The highest BCUT2D eigenvalue weighted by Gasteiger charge is 2.46. The molecule has 1 aromatic carbocycles. The topological polar surface area (TPSA) is 94.9 Å². The molecule has 1 atom stereocenters. The van der Waals surface area contributed by atoms with Gasteiger partial charge in [-0.2, -0.15) is 0 Å². The number of carboxylic acid groups (broad SMARTS) is 1. The normalized spacial score (nSPS) is 15.8. The van der Waals surface area contributed by atoms with Gasteiger partial charge in [0.15, 0.2) is 0 Å². The van der Waals surface area contributed by atoms with E-state index in [4.69, 9.17) is 0 Å². The van der Waals surface area contributed by atoms with Gasteiger partial charge in [0.2, 0.25) is 10.0 Å². The summed E-state index contributed by atoms with van der Waals surface area (Å²) in [6.07, 6.45) is 0. The van der Waals surface area contributed by atoms with Crippen LogP contribution in [-0.4, -0.2) is 43.0 Å². The fourth-order valence-electron chi connectivity index (χ4n) is 1.73. The van der Waals surface area contributed by atoms with Gasteiger partial charge in [0, 0.05) is 14.1 Å². The van der Waals surface area contributed by atoms with E-state index in [2.05, 4.69) is 0 Å². The van der Waals surface area contributed by atoms with E-state index in [-0.39, 0.29) is 4.90 Å². The molecule has 0 saturated carbocycles. The molecule has 1 rings (SSSR count). The van der Waals surface area contributed by atoms with Gasteiger partial charge in [0.1, 0.15) is 5.60 Å². The highest BCUT2D eigenvalue weighted by atomic mass is 32.2. The smallest absolute Gasteiger partial charge is 0.312 e. The molecule has 0 bridgehead atoms. The highest BCUT2D eigenvalue weighted by Crippen LogP contribution is 2.39. The fourth-order valence-corrected chi connectivity index (χ4v) is 2.63. The Hall–Kier alpha value is -1.44. The largest absolute Gasteiger partial charge is 0.481 e. The number of hydrogen-bond acceptors (Lipinski definition) is 4. The van der Waals surface area contributed by atoms with Gasteiger partial charge in [0.05, 0.1) is 10.3 Å². The van der Waals surface area contributed by atoms with Crippen LogP contribution in [-0.2, 0) is 20.4 Å². The monoisotopic (exact) mass is 315 g/mol. The molecular formula is C14H21NO5S. The molecule has 0 spiro atoms. The van der Waals surface area contributed by atoms with Crippen LogP contribution in [0.1, 0.15) is 26.3 Å². The van der Waals surface area contributed by atoms with Crippen molar-refractivity contribution in [2.45, 2.75) is 31.3 Å². The van der Waals surface area contributed by atoms with Crippen molar-refractivity contribution in [3.63, 3.8) is 0 Å². The molecule has 0 radical (unpaired) electrons. The summed E-state index contributed by atoms with van der Waals surface area (Å²) >= 11 is 0. The lowest BCUT2D eigenvalue weighted by molar-refractivity contribution is -0.164. The lowest BCUT2D eigenvalue weighted by Gasteiger charge is -2.37. The van der Waals surface area contributed by atoms with Crippen LogP contribution in [0.25, 0.3) is 0 Å². The minimum absolute atomic E-state index is 0.0835. The van der Waals surface area contributed by atoms with E-state index >= 15 is 0 Å². The molecule has 1 unspecified atom stereocenters. The third kappa shape index (κ3) is 2.95. The van der Waals surface area contributed by atoms with Crippen molar-refractivity contribution in [1.82, 2.24) is 4.31 Å². The molecule has 0 aliphatic rings. The molecule has 21 heavy (non-hydrogen) atoms. The maximum atomic E-state index is 12.0. The van der Waals surface area contributed by atoms with Crippen LogP contribution in [0.5, 0.6) is 0 Å². The Labute approximate surface area is 125 Å². The van der Waals surface area contributed by atoms with Gasteiger partial charge in [-0.1, -0.05) is 12.1 Å². The van der Waals surface area contributed by atoms with E-state index in [1.54, 1.807) is 0 Å². The molecule has 0 heterocycles. The number of aliphatic carboxylic acids is 1. The van der Waals surface area contributed by atoms with E-state index < -0.39 is 27.0 Å². The van der Waals surface area contributed by atoms with Crippen LogP contribution in [0.4, 0.5) is 0 Å². The van der Waals surface area contributed by atoms with Crippen molar-refractivity contribution >= 4 is 16.0 Å². The van der Waals surface area contributed by atoms with Crippen LogP contribution in [0, 0.1) is 5.41 Å². The van der Waals surface area contributed by atoms with Crippen molar-refractivity contribution in [2.75, 3.05) is 14.1 Å². The molecule has 1 aromatic rings. The summed E-state index contributed by atoms with van der Waals surface area (Å²) < 4.78 is 25.0.